The largest absolute Gasteiger partial charge is 0.573 e. The van der Waals surface area contributed by atoms with Gasteiger partial charge in [-0.25, -0.2) is 4.79 Å². The number of imidazole rings is 1. The van der Waals surface area contributed by atoms with E-state index in [9.17, 15) is 27.7 Å². The predicted octanol–water partition coefficient (Wildman–Crippen LogP) is 2.78. The maximum Gasteiger partial charge on any atom is 0.573 e. The van der Waals surface area contributed by atoms with Gasteiger partial charge in [0.15, 0.2) is 11.2 Å². The number of methoxy groups -OCH3 is 1. The molecule has 14 heteroatoms. The Morgan fingerprint density at radius 3 is 2.47 bits per heavy atom. The first-order valence-electron chi connectivity index (χ1n) is 10.2. The van der Waals surface area contributed by atoms with E-state index in [0.29, 0.717) is 13.0 Å². The van der Waals surface area contributed by atoms with Crippen LogP contribution in [-0.4, -0.2) is 45.3 Å². The Bertz CT molecular complexity index is 1280. The van der Waals surface area contributed by atoms with Gasteiger partial charge in [-0.2, -0.15) is 9.89 Å². The number of nitroso groups, excluding NO2 is 1. The molecule has 0 bridgehead atoms. The first-order chi connectivity index (χ1) is 16.2. The molecule has 0 spiro atoms. The summed E-state index contributed by atoms with van der Waals surface area (Å²) in [6, 6.07) is 4.73. The Balaban J connectivity index is 2.10. The van der Waals surface area contributed by atoms with Gasteiger partial charge in [0.05, 0.1) is 6.54 Å². The highest BCUT2D eigenvalue weighted by atomic mass is 19.4. The number of aromatic nitrogens is 4. The van der Waals surface area contributed by atoms with Gasteiger partial charge in [0.25, 0.3) is 5.56 Å². The van der Waals surface area contributed by atoms with Gasteiger partial charge < -0.3 is 14.2 Å². The minimum Gasteiger partial charge on any atom is -0.425 e. The van der Waals surface area contributed by atoms with E-state index in [-0.39, 0.29) is 49.0 Å². The molecule has 0 N–H and O–H groups in total. The first kappa shape index (κ1) is 25.0. The Kier molecular flexibility index (Phi) is 7.71. The first-order valence-corrected chi connectivity index (χ1v) is 10.2. The minimum atomic E-state index is -4.88. The third-order valence-corrected chi connectivity index (χ3v) is 4.81. The van der Waals surface area contributed by atoms with E-state index in [1.165, 1.54) is 30.9 Å². The van der Waals surface area contributed by atoms with Crippen LogP contribution in [0.2, 0.25) is 0 Å². The van der Waals surface area contributed by atoms with Gasteiger partial charge in [0, 0.05) is 39.9 Å². The molecule has 3 aromatic rings. The van der Waals surface area contributed by atoms with Gasteiger partial charge in [0.1, 0.15) is 11.5 Å². The monoisotopic (exact) mass is 485 g/mol. The van der Waals surface area contributed by atoms with Crippen molar-refractivity contribution in [1.29, 1.82) is 0 Å². The zero-order valence-electron chi connectivity index (χ0n) is 18.4. The van der Waals surface area contributed by atoms with Crippen LogP contribution in [0.3, 0.4) is 0 Å². The van der Waals surface area contributed by atoms with Crippen LogP contribution in [0, 0.1) is 4.91 Å². The molecule has 0 unspecified atom stereocenters. The van der Waals surface area contributed by atoms with Crippen molar-refractivity contribution in [3.05, 3.63) is 50.0 Å². The van der Waals surface area contributed by atoms with E-state index in [0.717, 1.165) is 21.3 Å². The zero-order chi connectivity index (χ0) is 24.9. The van der Waals surface area contributed by atoms with E-state index in [2.05, 4.69) is 14.9 Å². The topological polar surface area (TPSA) is 119 Å². The van der Waals surface area contributed by atoms with Gasteiger partial charge in [-0.1, -0.05) is 11.2 Å². The van der Waals surface area contributed by atoms with Gasteiger partial charge in [-0.3, -0.25) is 18.5 Å². The van der Waals surface area contributed by atoms with Crippen LogP contribution < -0.4 is 20.7 Å². The Morgan fingerprint density at radius 2 is 1.79 bits per heavy atom. The number of aryl methyl sites for hydroxylation is 2. The van der Waals surface area contributed by atoms with Crippen LogP contribution in [0.15, 0.2) is 39.0 Å². The maximum atomic E-state index is 13.2. The van der Waals surface area contributed by atoms with Crippen molar-refractivity contribution in [3.63, 3.8) is 0 Å². The fourth-order valence-corrected chi connectivity index (χ4v) is 3.33. The summed E-state index contributed by atoms with van der Waals surface area (Å²) in [5.41, 5.74) is -1.18. The lowest BCUT2D eigenvalue weighted by atomic mass is 10.3. The highest BCUT2D eigenvalue weighted by Crippen LogP contribution is 2.29. The van der Waals surface area contributed by atoms with Crippen LogP contribution in [-0.2, 0) is 24.9 Å². The third kappa shape index (κ3) is 5.62. The van der Waals surface area contributed by atoms with E-state index in [1.807, 2.05) is 0 Å². The van der Waals surface area contributed by atoms with Crippen LogP contribution >= 0.6 is 0 Å². The summed E-state index contributed by atoms with van der Waals surface area (Å²) < 4.78 is 56.0. The van der Waals surface area contributed by atoms with Crippen molar-refractivity contribution in [3.8, 4) is 17.5 Å². The molecular weight excluding hydrogens is 463 g/mol. The van der Waals surface area contributed by atoms with E-state index in [4.69, 9.17) is 9.47 Å². The molecule has 2 heterocycles. The summed E-state index contributed by atoms with van der Waals surface area (Å²) in [5, 5.41) is 2.74. The van der Waals surface area contributed by atoms with Crippen LogP contribution in [0.25, 0.3) is 11.2 Å². The van der Waals surface area contributed by atoms with Gasteiger partial charge in [0.2, 0.25) is 0 Å². The summed E-state index contributed by atoms with van der Waals surface area (Å²) in [5.74, 6) is -0.516. The van der Waals surface area contributed by atoms with Crippen molar-refractivity contribution >= 4 is 11.2 Å². The second kappa shape index (κ2) is 10.5. The van der Waals surface area contributed by atoms with Crippen LogP contribution in [0.5, 0.6) is 17.5 Å². The van der Waals surface area contributed by atoms with Gasteiger partial charge >= 0.3 is 18.1 Å². The highest BCUT2D eigenvalue weighted by Gasteiger charge is 2.31. The number of ether oxygens (including phenoxy) is 3. The molecule has 184 valence electrons. The molecule has 0 aliphatic heterocycles. The lowest BCUT2D eigenvalue weighted by Gasteiger charge is -2.12. The number of benzene rings is 1. The van der Waals surface area contributed by atoms with Crippen molar-refractivity contribution in [2.24, 2.45) is 12.2 Å². The summed E-state index contributed by atoms with van der Waals surface area (Å²) in [4.78, 5) is 40.5. The number of hydrogen-bond acceptors (Lipinski definition) is 8. The molecule has 0 aliphatic carbocycles. The minimum absolute atomic E-state index is 0.0209. The second-order valence-electron chi connectivity index (χ2n) is 7.19. The molecule has 0 atom stereocenters. The third-order valence-electron chi connectivity index (χ3n) is 4.81. The Labute approximate surface area is 190 Å². The van der Waals surface area contributed by atoms with Crippen molar-refractivity contribution < 1.29 is 27.4 Å². The molecule has 0 fully saturated rings. The number of hydrogen-bond donors (Lipinski definition) is 0. The number of fused-ring (bicyclic) bond motifs is 1. The number of alkyl halides is 3. The lowest BCUT2D eigenvalue weighted by Crippen LogP contribution is -2.39. The standard InChI is InChI=1S/C20H22F3N5O6/c1-26-16-15(17(29)28(19(26)30)9-4-8-24-31)27(10-5-11-32-2)18(25-16)33-13-6-3-7-14(12-13)34-20(21,22)23/h3,6-7,12H,4-5,8-11H2,1-2H3. The fourth-order valence-electron chi connectivity index (χ4n) is 3.33. The SMILES string of the molecule is COCCCn1c(Oc2cccc(OC(F)(F)F)c2)nc2c1c(=O)n(CCCN=O)c(=O)n2C. The van der Waals surface area contributed by atoms with Crippen LogP contribution in [0.1, 0.15) is 12.8 Å². The zero-order valence-corrected chi connectivity index (χ0v) is 18.4. The van der Waals surface area contributed by atoms with Crippen molar-refractivity contribution in [2.75, 3.05) is 20.3 Å². The molecule has 0 aliphatic rings. The average molecular weight is 485 g/mol. The van der Waals surface area contributed by atoms with E-state index >= 15 is 0 Å². The Morgan fingerprint density at radius 1 is 1.09 bits per heavy atom. The van der Waals surface area contributed by atoms with Crippen molar-refractivity contribution in [2.45, 2.75) is 32.3 Å². The van der Waals surface area contributed by atoms with E-state index in [1.54, 1.807) is 0 Å². The number of nitrogens with zero attached hydrogens (tertiary/aromatic N) is 5. The number of rotatable bonds is 11. The smallest absolute Gasteiger partial charge is 0.425 e. The normalized spacial score (nSPS) is 11.7. The molecule has 34 heavy (non-hydrogen) atoms. The average Bonchev–Trinajstić information content (AvgIpc) is 3.12. The van der Waals surface area contributed by atoms with Crippen molar-refractivity contribution in [1.82, 2.24) is 18.7 Å². The molecule has 0 saturated carbocycles. The molecule has 0 saturated heterocycles. The molecule has 3 rings (SSSR count). The van der Waals surface area contributed by atoms with Gasteiger partial charge in [-0.05, 0) is 25.0 Å². The summed E-state index contributed by atoms with van der Waals surface area (Å²) in [7, 11) is 2.93. The fraction of sp³-hybridized carbons (Fsp3) is 0.450. The quantitative estimate of drug-likeness (QED) is 0.303. The van der Waals surface area contributed by atoms with E-state index < -0.39 is 23.4 Å². The molecule has 0 amide bonds. The maximum absolute atomic E-state index is 13.2. The second-order valence-corrected chi connectivity index (χ2v) is 7.19. The number of halogens is 3. The Hall–Kier alpha value is -3.68. The molecule has 1 aromatic carbocycles. The molecule has 2 aromatic heterocycles. The summed E-state index contributed by atoms with van der Waals surface area (Å²) >= 11 is 0. The summed E-state index contributed by atoms with van der Waals surface area (Å²) in [6.45, 7) is 0.468. The molecule has 11 nitrogen and oxygen atoms in total. The lowest BCUT2D eigenvalue weighted by molar-refractivity contribution is -0.274. The van der Waals surface area contributed by atoms with Crippen LogP contribution in [0.4, 0.5) is 13.2 Å². The van der Waals surface area contributed by atoms with Gasteiger partial charge in [-0.15, -0.1) is 13.2 Å². The predicted molar refractivity (Wildman–Crippen MR) is 114 cm³/mol. The summed E-state index contributed by atoms with van der Waals surface area (Å²) in [6.07, 6.45) is -4.24. The molecule has 0 radical (unpaired) electrons. The molecular formula is C20H22F3N5O6. The highest BCUT2D eigenvalue weighted by molar-refractivity contribution is 5.72.